The number of sulfonamides is 1. The second-order valence-corrected chi connectivity index (χ2v) is 12.1. The molecule has 0 aromatic heterocycles. The number of carbonyl (C=O) groups excluding carboxylic acids is 2. The number of para-hydroxylation sites is 1. The summed E-state index contributed by atoms with van der Waals surface area (Å²) in [6.07, 6.45) is -1.13. The molecule has 0 bridgehead atoms. The molecular weight excluding hydrogens is 559 g/mol. The topological polar surface area (TPSA) is 108 Å². The molecule has 1 aliphatic rings. The van der Waals surface area contributed by atoms with Crippen molar-refractivity contribution in [1.82, 2.24) is 10.0 Å². The minimum absolute atomic E-state index is 0.0361. The first-order valence-corrected chi connectivity index (χ1v) is 14.5. The van der Waals surface area contributed by atoms with Gasteiger partial charge in [-0.05, 0) is 36.6 Å². The van der Waals surface area contributed by atoms with Gasteiger partial charge in [0.15, 0.2) is 0 Å². The summed E-state index contributed by atoms with van der Waals surface area (Å²) in [7, 11) is -2.62. The van der Waals surface area contributed by atoms with Crippen LogP contribution in [0.3, 0.4) is 0 Å². The summed E-state index contributed by atoms with van der Waals surface area (Å²) in [5, 5.41) is 2.82. The Morgan fingerprint density at radius 1 is 1.03 bits per heavy atom. The fourth-order valence-corrected chi connectivity index (χ4v) is 6.26. The van der Waals surface area contributed by atoms with E-state index in [-0.39, 0.29) is 27.3 Å². The Labute approximate surface area is 238 Å². The molecule has 2 atom stereocenters. The highest BCUT2D eigenvalue weighted by atomic mass is 35.5. The molecule has 8 nitrogen and oxygen atoms in total. The second-order valence-electron chi connectivity index (χ2n) is 9.55. The normalized spacial score (nSPS) is 16.4. The minimum atomic E-state index is -4.23. The van der Waals surface area contributed by atoms with E-state index in [0.29, 0.717) is 11.4 Å². The number of fused-ring (bicyclic) bond motifs is 1. The van der Waals surface area contributed by atoms with Crippen LogP contribution in [0.15, 0.2) is 82.7 Å². The molecule has 3 aromatic rings. The Morgan fingerprint density at radius 3 is 2.38 bits per heavy atom. The summed E-state index contributed by atoms with van der Waals surface area (Å²) >= 11 is 12.1. The van der Waals surface area contributed by atoms with E-state index < -0.39 is 34.0 Å². The van der Waals surface area contributed by atoms with Crippen LogP contribution in [0.25, 0.3) is 0 Å². The van der Waals surface area contributed by atoms with Crippen LogP contribution in [0, 0.1) is 5.92 Å². The predicted octanol–water partition coefficient (Wildman–Crippen LogP) is 4.64. The van der Waals surface area contributed by atoms with Crippen molar-refractivity contribution in [2.24, 2.45) is 10.9 Å². The lowest BCUT2D eigenvalue weighted by Crippen LogP contribution is -2.53. The van der Waals surface area contributed by atoms with Crippen LogP contribution in [0.4, 0.5) is 5.69 Å². The highest BCUT2D eigenvalue weighted by Crippen LogP contribution is 2.28. The average molecular weight is 588 g/mol. The molecule has 0 saturated carbocycles. The van der Waals surface area contributed by atoms with E-state index in [9.17, 15) is 18.0 Å². The Kier molecular flexibility index (Phi) is 8.76. The molecular formula is C28H28Cl2N4O4S. The van der Waals surface area contributed by atoms with Crippen molar-refractivity contribution >= 4 is 56.4 Å². The minimum Gasteiger partial charge on any atom is -0.325 e. The standard InChI is InChI=1S/C28H28Cl2N4O4S/c1-17(2)15-22(33-39(37,38)24-16-19(29)13-14-21(24)30)27(35)32-26-28(36)34(3)23-12-8-7-11-20(23)25(31-26)18-9-5-4-6-10-18/h4-14,16-17,22,26,33H,15H2,1-3H3,(H,32,35). The monoisotopic (exact) mass is 586 g/mol. The van der Waals surface area contributed by atoms with Gasteiger partial charge in [-0.3, -0.25) is 9.59 Å². The highest BCUT2D eigenvalue weighted by Gasteiger charge is 2.34. The van der Waals surface area contributed by atoms with E-state index >= 15 is 0 Å². The van der Waals surface area contributed by atoms with E-state index in [1.165, 1.54) is 23.1 Å². The van der Waals surface area contributed by atoms with Gasteiger partial charge in [-0.1, -0.05) is 85.6 Å². The third-order valence-corrected chi connectivity index (χ3v) is 8.36. The summed E-state index contributed by atoms with van der Waals surface area (Å²) in [6.45, 7) is 3.71. The molecule has 0 radical (unpaired) electrons. The summed E-state index contributed by atoms with van der Waals surface area (Å²) in [5.41, 5.74) is 2.66. The van der Waals surface area contributed by atoms with E-state index in [0.717, 1.165) is 11.1 Å². The van der Waals surface area contributed by atoms with Crippen molar-refractivity contribution in [3.63, 3.8) is 0 Å². The summed E-state index contributed by atoms with van der Waals surface area (Å²) in [4.78, 5) is 32.9. The van der Waals surface area contributed by atoms with Crippen LogP contribution in [0.2, 0.25) is 10.0 Å². The third kappa shape index (κ3) is 6.50. The number of benzodiazepines with no additional fused rings is 1. The molecule has 3 aromatic carbocycles. The maximum Gasteiger partial charge on any atom is 0.272 e. The first-order valence-electron chi connectivity index (χ1n) is 12.3. The number of anilines is 1. The van der Waals surface area contributed by atoms with Crippen LogP contribution in [0.1, 0.15) is 31.4 Å². The molecule has 2 amide bonds. The van der Waals surface area contributed by atoms with Gasteiger partial charge in [0.1, 0.15) is 10.9 Å². The highest BCUT2D eigenvalue weighted by molar-refractivity contribution is 7.89. The van der Waals surface area contributed by atoms with Crippen LogP contribution >= 0.6 is 23.2 Å². The molecule has 4 rings (SSSR count). The first kappa shape index (κ1) is 28.8. The van der Waals surface area contributed by atoms with Gasteiger partial charge in [0.2, 0.25) is 22.1 Å². The van der Waals surface area contributed by atoms with Gasteiger partial charge in [-0.25, -0.2) is 13.4 Å². The van der Waals surface area contributed by atoms with E-state index in [2.05, 4.69) is 15.0 Å². The molecule has 204 valence electrons. The van der Waals surface area contributed by atoms with Gasteiger partial charge in [-0.2, -0.15) is 4.72 Å². The number of halogens is 2. The van der Waals surface area contributed by atoms with Crippen molar-refractivity contribution in [2.75, 3.05) is 11.9 Å². The van der Waals surface area contributed by atoms with Gasteiger partial charge >= 0.3 is 0 Å². The summed E-state index contributed by atoms with van der Waals surface area (Å²) in [6, 6.07) is 19.5. The fraction of sp³-hybridized carbons (Fsp3) is 0.250. The third-order valence-electron chi connectivity index (χ3n) is 6.17. The number of likely N-dealkylation sites (N-methyl/N-ethyl adjacent to an activating group) is 1. The molecule has 2 N–H and O–H groups in total. The number of hydrogen-bond donors (Lipinski definition) is 2. The summed E-state index contributed by atoms with van der Waals surface area (Å²) in [5.74, 6) is -1.22. The zero-order chi connectivity index (χ0) is 28.3. The second kappa shape index (κ2) is 11.9. The molecule has 0 fully saturated rings. The zero-order valence-corrected chi connectivity index (χ0v) is 23.9. The average Bonchev–Trinajstić information content (AvgIpc) is 3.00. The maximum atomic E-state index is 13.6. The number of carbonyl (C=O) groups is 2. The predicted molar refractivity (Wildman–Crippen MR) is 154 cm³/mol. The van der Waals surface area contributed by atoms with E-state index in [1.54, 1.807) is 13.1 Å². The smallest absolute Gasteiger partial charge is 0.272 e. The SMILES string of the molecule is CC(C)CC(NS(=O)(=O)c1cc(Cl)ccc1Cl)C(=O)NC1N=C(c2ccccc2)c2ccccc2N(C)C1=O. The van der Waals surface area contributed by atoms with E-state index in [1.807, 2.05) is 62.4 Å². The van der Waals surface area contributed by atoms with Crippen LogP contribution in [-0.2, 0) is 19.6 Å². The van der Waals surface area contributed by atoms with Crippen molar-refractivity contribution in [1.29, 1.82) is 0 Å². The largest absolute Gasteiger partial charge is 0.325 e. The lowest BCUT2D eigenvalue weighted by Gasteiger charge is -2.24. The molecule has 1 aliphatic heterocycles. The molecule has 39 heavy (non-hydrogen) atoms. The molecule has 1 heterocycles. The van der Waals surface area contributed by atoms with Gasteiger partial charge in [-0.15, -0.1) is 0 Å². The van der Waals surface area contributed by atoms with Crippen LogP contribution in [0.5, 0.6) is 0 Å². The maximum absolute atomic E-state index is 13.6. The van der Waals surface area contributed by atoms with Crippen LogP contribution in [-0.4, -0.2) is 45.2 Å². The van der Waals surface area contributed by atoms with Crippen molar-refractivity contribution in [3.8, 4) is 0 Å². The van der Waals surface area contributed by atoms with Crippen molar-refractivity contribution in [3.05, 3.63) is 94.0 Å². The lowest BCUT2D eigenvalue weighted by molar-refractivity contribution is -0.128. The number of nitrogens with zero attached hydrogens (tertiary/aromatic N) is 2. The molecule has 2 unspecified atom stereocenters. The number of aliphatic imine (C=N–C) groups is 1. The van der Waals surface area contributed by atoms with Crippen molar-refractivity contribution < 1.29 is 18.0 Å². The van der Waals surface area contributed by atoms with Gasteiger partial charge in [0.25, 0.3) is 5.91 Å². The Balaban J connectivity index is 1.69. The van der Waals surface area contributed by atoms with Crippen molar-refractivity contribution in [2.45, 2.75) is 37.4 Å². The molecule has 0 saturated heterocycles. The first-order chi connectivity index (χ1) is 18.5. The van der Waals surface area contributed by atoms with Crippen LogP contribution < -0.4 is 14.9 Å². The Bertz CT molecular complexity index is 1530. The molecule has 0 aliphatic carbocycles. The number of hydrogen-bond acceptors (Lipinski definition) is 5. The van der Waals surface area contributed by atoms with Gasteiger partial charge < -0.3 is 10.2 Å². The number of rotatable bonds is 8. The lowest BCUT2D eigenvalue weighted by atomic mass is 10.0. The number of nitrogens with one attached hydrogen (secondary N) is 2. The van der Waals surface area contributed by atoms with Gasteiger partial charge in [0, 0.05) is 23.2 Å². The summed E-state index contributed by atoms with van der Waals surface area (Å²) < 4.78 is 28.9. The zero-order valence-electron chi connectivity index (χ0n) is 21.6. The Morgan fingerprint density at radius 2 is 1.69 bits per heavy atom. The quantitative estimate of drug-likeness (QED) is 0.400. The van der Waals surface area contributed by atoms with E-state index in [4.69, 9.17) is 23.2 Å². The fourth-order valence-electron chi connectivity index (χ4n) is 4.29. The number of benzene rings is 3. The molecule has 0 spiro atoms. The van der Waals surface area contributed by atoms with Gasteiger partial charge in [0.05, 0.1) is 16.4 Å². The number of amides is 2. The Hall–Kier alpha value is -3.24. The molecule has 11 heteroatoms.